The highest BCUT2D eigenvalue weighted by molar-refractivity contribution is 7.91. The fourth-order valence-electron chi connectivity index (χ4n) is 2.09. The van der Waals surface area contributed by atoms with Crippen LogP contribution in [0.3, 0.4) is 0 Å². The fourth-order valence-corrected chi connectivity index (χ4v) is 3.84. The first-order chi connectivity index (χ1) is 8.96. The second-order valence-corrected chi connectivity index (χ2v) is 7.35. The summed E-state index contributed by atoms with van der Waals surface area (Å²) in [5.41, 5.74) is 0.484. The molecule has 0 unspecified atom stereocenters. The number of carbonyl (C=O) groups excluding carboxylic acids is 1. The molecule has 0 bridgehead atoms. The van der Waals surface area contributed by atoms with E-state index in [1.54, 1.807) is 18.3 Å². The van der Waals surface area contributed by atoms with Crippen LogP contribution in [0.25, 0.3) is 0 Å². The average Bonchev–Trinajstić information content (AvgIpc) is 2.35. The van der Waals surface area contributed by atoms with Gasteiger partial charge in [-0.15, -0.1) is 0 Å². The van der Waals surface area contributed by atoms with Crippen LogP contribution in [0, 0.1) is 5.92 Å². The Kier molecular flexibility index (Phi) is 4.42. The van der Waals surface area contributed by atoms with Crippen LogP contribution in [0.15, 0.2) is 18.3 Å². The first-order valence-corrected chi connectivity index (χ1v) is 8.27. The lowest BCUT2D eigenvalue weighted by atomic mass is 9.98. The van der Waals surface area contributed by atoms with Crippen LogP contribution in [-0.2, 0) is 14.6 Å². The van der Waals surface area contributed by atoms with Crippen molar-refractivity contribution >= 4 is 33.0 Å². The fraction of sp³-hybridized carbons (Fsp3) is 0.500. The number of hydrogen-bond donors (Lipinski definition) is 1. The molecule has 0 saturated carbocycles. The predicted molar refractivity (Wildman–Crippen MR) is 73.9 cm³/mol. The van der Waals surface area contributed by atoms with Crippen LogP contribution >= 0.6 is 11.6 Å². The summed E-state index contributed by atoms with van der Waals surface area (Å²) in [4.78, 5) is 15.7. The van der Waals surface area contributed by atoms with E-state index in [4.69, 9.17) is 11.6 Å². The number of nitrogens with zero attached hydrogens (tertiary/aromatic N) is 1. The van der Waals surface area contributed by atoms with Crippen molar-refractivity contribution in [2.75, 3.05) is 16.8 Å². The number of carbonyl (C=O) groups is 1. The van der Waals surface area contributed by atoms with Gasteiger partial charge in [0.2, 0.25) is 5.91 Å². The minimum absolute atomic E-state index is 0.124. The predicted octanol–water partition coefficient (Wildman–Crippen LogP) is 1.89. The summed E-state index contributed by atoms with van der Waals surface area (Å²) in [6.45, 7) is 0. The molecule has 1 saturated heterocycles. The number of pyridine rings is 1. The molecule has 1 aromatic rings. The second kappa shape index (κ2) is 5.88. The molecular weight excluding hydrogens is 288 g/mol. The van der Waals surface area contributed by atoms with Crippen molar-refractivity contribution in [2.45, 2.75) is 19.3 Å². The van der Waals surface area contributed by atoms with Gasteiger partial charge < -0.3 is 5.32 Å². The number of aromatic nitrogens is 1. The van der Waals surface area contributed by atoms with Crippen molar-refractivity contribution in [2.24, 2.45) is 5.92 Å². The van der Waals surface area contributed by atoms with E-state index in [0.717, 1.165) is 0 Å². The number of rotatable bonds is 3. The summed E-state index contributed by atoms with van der Waals surface area (Å²) in [5, 5.41) is 2.95. The van der Waals surface area contributed by atoms with Gasteiger partial charge in [-0.05, 0) is 30.9 Å². The molecule has 1 aliphatic heterocycles. The molecule has 2 heterocycles. The zero-order chi connectivity index (χ0) is 13.9. The molecule has 1 amide bonds. The van der Waals surface area contributed by atoms with Crippen molar-refractivity contribution in [1.29, 1.82) is 0 Å². The number of hydrogen-bond acceptors (Lipinski definition) is 4. The SMILES string of the molecule is O=C(CC1CCS(=O)(=O)CC1)Nc1cccnc1Cl. The molecule has 1 fully saturated rings. The van der Waals surface area contributed by atoms with Crippen LogP contribution in [-0.4, -0.2) is 30.8 Å². The summed E-state index contributed by atoms with van der Waals surface area (Å²) in [6.07, 6.45) is 2.97. The monoisotopic (exact) mass is 302 g/mol. The van der Waals surface area contributed by atoms with E-state index in [-0.39, 0.29) is 28.5 Å². The summed E-state index contributed by atoms with van der Waals surface area (Å²) < 4.78 is 22.6. The van der Waals surface area contributed by atoms with Crippen molar-refractivity contribution in [3.05, 3.63) is 23.5 Å². The Morgan fingerprint density at radius 2 is 2.11 bits per heavy atom. The van der Waals surface area contributed by atoms with Crippen LogP contribution < -0.4 is 5.32 Å². The molecule has 0 atom stereocenters. The molecule has 5 nitrogen and oxygen atoms in total. The third-order valence-electron chi connectivity index (χ3n) is 3.18. The van der Waals surface area contributed by atoms with Gasteiger partial charge in [0.05, 0.1) is 17.2 Å². The van der Waals surface area contributed by atoms with Gasteiger partial charge in [-0.3, -0.25) is 4.79 Å². The highest BCUT2D eigenvalue weighted by atomic mass is 35.5. The Morgan fingerprint density at radius 1 is 1.42 bits per heavy atom. The zero-order valence-electron chi connectivity index (χ0n) is 10.3. The maximum atomic E-state index is 11.8. The van der Waals surface area contributed by atoms with Crippen molar-refractivity contribution in [3.63, 3.8) is 0 Å². The molecule has 2 rings (SSSR count). The Hall–Kier alpha value is -1.14. The van der Waals surface area contributed by atoms with E-state index in [9.17, 15) is 13.2 Å². The van der Waals surface area contributed by atoms with E-state index < -0.39 is 9.84 Å². The number of sulfone groups is 1. The van der Waals surface area contributed by atoms with Crippen LogP contribution in [0.2, 0.25) is 5.15 Å². The molecule has 1 N–H and O–H groups in total. The smallest absolute Gasteiger partial charge is 0.224 e. The Morgan fingerprint density at radius 3 is 2.74 bits per heavy atom. The normalized spacial score (nSPS) is 19.0. The van der Waals surface area contributed by atoms with Gasteiger partial charge in [-0.1, -0.05) is 11.6 Å². The molecule has 104 valence electrons. The van der Waals surface area contributed by atoms with Crippen LogP contribution in [0.5, 0.6) is 0 Å². The second-order valence-electron chi connectivity index (χ2n) is 4.69. The molecule has 0 spiro atoms. The Bertz CT molecular complexity index is 560. The largest absolute Gasteiger partial charge is 0.323 e. The molecule has 7 heteroatoms. The number of anilines is 1. The van der Waals surface area contributed by atoms with E-state index >= 15 is 0 Å². The lowest BCUT2D eigenvalue weighted by Crippen LogP contribution is -2.26. The molecule has 1 aliphatic rings. The van der Waals surface area contributed by atoms with Crippen molar-refractivity contribution < 1.29 is 13.2 Å². The van der Waals surface area contributed by atoms with E-state index in [0.29, 0.717) is 24.9 Å². The molecule has 0 aliphatic carbocycles. The van der Waals surface area contributed by atoms with E-state index in [1.807, 2.05) is 0 Å². The van der Waals surface area contributed by atoms with Crippen molar-refractivity contribution in [1.82, 2.24) is 4.98 Å². The maximum Gasteiger partial charge on any atom is 0.224 e. The highest BCUT2D eigenvalue weighted by Gasteiger charge is 2.25. The van der Waals surface area contributed by atoms with Crippen LogP contribution in [0.4, 0.5) is 5.69 Å². The Balaban J connectivity index is 1.87. The minimum Gasteiger partial charge on any atom is -0.323 e. The number of nitrogens with one attached hydrogen (secondary N) is 1. The number of halogens is 1. The Labute approximate surface area is 117 Å². The standard InChI is InChI=1S/C12H15ClN2O3S/c13-12-10(2-1-5-14-12)15-11(16)8-9-3-6-19(17,18)7-4-9/h1-2,5,9H,3-4,6-8H2,(H,15,16). The minimum atomic E-state index is -2.88. The summed E-state index contributed by atoms with van der Waals surface area (Å²) in [5.74, 6) is 0.329. The lowest BCUT2D eigenvalue weighted by Gasteiger charge is -2.21. The van der Waals surface area contributed by atoms with Gasteiger partial charge in [0.15, 0.2) is 5.15 Å². The third-order valence-corrected chi connectivity index (χ3v) is 5.20. The van der Waals surface area contributed by atoms with Gasteiger partial charge in [-0.25, -0.2) is 13.4 Å². The topological polar surface area (TPSA) is 76.1 Å². The number of amides is 1. The van der Waals surface area contributed by atoms with Gasteiger partial charge in [0.1, 0.15) is 9.84 Å². The van der Waals surface area contributed by atoms with E-state index in [1.165, 1.54) is 0 Å². The van der Waals surface area contributed by atoms with Gasteiger partial charge in [0.25, 0.3) is 0 Å². The van der Waals surface area contributed by atoms with Crippen LogP contribution in [0.1, 0.15) is 19.3 Å². The molecule has 0 radical (unpaired) electrons. The molecule has 1 aromatic heterocycles. The van der Waals surface area contributed by atoms with Gasteiger partial charge in [-0.2, -0.15) is 0 Å². The average molecular weight is 303 g/mol. The summed E-state index contributed by atoms with van der Waals surface area (Å²) >= 11 is 5.84. The first kappa shape index (κ1) is 14.3. The zero-order valence-corrected chi connectivity index (χ0v) is 11.9. The van der Waals surface area contributed by atoms with E-state index in [2.05, 4.69) is 10.3 Å². The first-order valence-electron chi connectivity index (χ1n) is 6.07. The third kappa shape index (κ3) is 4.18. The van der Waals surface area contributed by atoms with Crippen molar-refractivity contribution in [3.8, 4) is 0 Å². The quantitative estimate of drug-likeness (QED) is 0.865. The molecule has 0 aromatic carbocycles. The summed E-state index contributed by atoms with van der Waals surface area (Å²) in [6, 6.07) is 3.37. The van der Waals surface area contributed by atoms with Gasteiger partial charge in [0, 0.05) is 12.6 Å². The van der Waals surface area contributed by atoms with Gasteiger partial charge >= 0.3 is 0 Å². The molecule has 19 heavy (non-hydrogen) atoms. The summed E-state index contributed by atoms with van der Waals surface area (Å²) in [7, 11) is -2.88. The highest BCUT2D eigenvalue weighted by Crippen LogP contribution is 2.23. The molecular formula is C12H15ClN2O3S. The maximum absolute atomic E-state index is 11.8. The lowest BCUT2D eigenvalue weighted by molar-refractivity contribution is -0.117.